The Kier molecular flexibility index (Phi) is 2.39. The highest BCUT2D eigenvalue weighted by Crippen LogP contribution is 2.45. The van der Waals surface area contributed by atoms with Crippen molar-refractivity contribution in [1.29, 1.82) is 0 Å². The zero-order valence-electron chi connectivity index (χ0n) is 9.25. The van der Waals surface area contributed by atoms with Crippen molar-refractivity contribution in [2.75, 3.05) is 0 Å². The van der Waals surface area contributed by atoms with Crippen LogP contribution in [0.15, 0.2) is 48.6 Å². The zero-order chi connectivity index (χ0) is 11.0. The number of carbonyl (C=O) groups excluding carboxylic acids is 1. The van der Waals surface area contributed by atoms with Gasteiger partial charge in [-0.1, -0.05) is 48.6 Å². The SMILES string of the molecule is O=C1[C@H]2C/C=C\C=C/C[C@@H]1C1C=CC=CC12. The van der Waals surface area contributed by atoms with Crippen LogP contribution in [0.25, 0.3) is 0 Å². The first-order chi connectivity index (χ1) is 7.88. The molecule has 3 rings (SSSR count). The molecule has 1 nitrogen and oxygen atoms in total. The van der Waals surface area contributed by atoms with Crippen LogP contribution in [-0.2, 0) is 4.79 Å². The van der Waals surface area contributed by atoms with Crippen molar-refractivity contribution in [3.63, 3.8) is 0 Å². The maximum absolute atomic E-state index is 12.3. The van der Waals surface area contributed by atoms with Gasteiger partial charge in [-0.05, 0) is 24.7 Å². The lowest BCUT2D eigenvalue weighted by atomic mass is 9.82. The molecule has 0 aromatic carbocycles. The molecule has 1 saturated carbocycles. The Morgan fingerprint density at radius 2 is 1.31 bits per heavy atom. The lowest BCUT2D eigenvalue weighted by Crippen LogP contribution is -2.15. The maximum Gasteiger partial charge on any atom is 0.140 e. The number of hydrogen-bond acceptors (Lipinski definition) is 1. The molecular weight excluding hydrogens is 196 g/mol. The van der Waals surface area contributed by atoms with Crippen LogP contribution < -0.4 is 0 Å². The van der Waals surface area contributed by atoms with Gasteiger partial charge in [-0.2, -0.15) is 0 Å². The summed E-state index contributed by atoms with van der Waals surface area (Å²) in [6, 6.07) is 0. The Balaban J connectivity index is 1.99. The van der Waals surface area contributed by atoms with E-state index in [4.69, 9.17) is 0 Å². The topological polar surface area (TPSA) is 17.1 Å². The number of hydrogen-bond donors (Lipinski definition) is 0. The maximum atomic E-state index is 12.3. The predicted octanol–water partition coefficient (Wildman–Crippen LogP) is 3.07. The second kappa shape index (κ2) is 3.89. The quantitative estimate of drug-likeness (QED) is 0.603. The van der Waals surface area contributed by atoms with Crippen LogP contribution in [0.1, 0.15) is 12.8 Å². The van der Waals surface area contributed by atoms with E-state index < -0.39 is 0 Å². The predicted molar refractivity (Wildman–Crippen MR) is 64.8 cm³/mol. The van der Waals surface area contributed by atoms with Crippen molar-refractivity contribution < 1.29 is 4.79 Å². The van der Waals surface area contributed by atoms with E-state index in [-0.39, 0.29) is 11.8 Å². The fourth-order valence-electron chi connectivity index (χ4n) is 3.25. The molecule has 3 aliphatic carbocycles. The standard InChI is InChI=1S/C15H16O/c16-15-13-9-3-1-2-4-10-14(15)12-8-6-5-7-11(12)13/h1-8,11-14H,9-10H2/b3-1-,4-2-/t11?,12?,13-,14+. The molecule has 1 heteroatoms. The first kappa shape index (κ1) is 9.83. The van der Waals surface area contributed by atoms with E-state index in [0.29, 0.717) is 17.6 Å². The van der Waals surface area contributed by atoms with Gasteiger partial charge in [0.1, 0.15) is 5.78 Å². The fraction of sp³-hybridized carbons (Fsp3) is 0.400. The van der Waals surface area contributed by atoms with Gasteiger partial charge in [0.25, 0.3) is 0 Å². The van der Waals surface area contributed by atoms with Crippen LogP contribution >= 0.6 is 0 Å². The Labute approximate surface area is 96.2 Å². The minimum absolute atomic E-state index is 0.215. The van der Waals surface area contributed by atoms with Crippen LogP contribution in [0, 0.1) is 23.7 Å². The average Bonchev–Trinajstić information content (AvgIpc) is 2.63. The molecule has 2 bridgehead atoms. The molecule has 2 unspecified atom stereocenters. The molecule has 0 amide bonds. The van der Waals surface area contributed by atoms with Gasteiger partial charge >= 0.3 is 0 Å². The summed E-state index contributed by atoms with van der Waals surface area (Å²) in [5.74, 6) is 1.79. The first-order valence-electron chi connectivity index (χ1n) is 6.08. The van der Waals surface area contributed by atoms with Gasteiger partial charge in [0, 0.05) is 11.8 Å². The Hall–Kier alpha value is -1.37. The molecule has 0 spiro atoms. The summed E-state index contributed by atoms with van der Waals surface area (Å²) in [6.07, 6.45) is 18.9. The van der Waals surface area contributed by atoms with E-state index in [2.05, 4.69) is 48.6 Å². The molecule has 0 saturated heterocycles. The minimum atomic E-state index is 0.215. The lowest BCUT2D eigenvalue weighted by Gasteiger charge is -2.21. The zero-order valence-corrected chi connectivity index (χ0v) is 9.25. The highest BCUT2D eigenvalue weighted by atomic mass is 16.1. The largest absolute Gasteiger partial charge is 0.299 e. The molecule has 0 heterocycles. The molecule has 0 aromatic heterocycles. The molecule has 0 aromatic rings. The van der Waals surface area contributed by atoms with Crippen LogP contribution in [0.5, 0.6) is 0 Å². The smallest absolute Gasteiger partial charge is 0.140 e. The summed E-state index contributed by atoms with van der Waals surface area (Å²) in [6.45, 7) is 0. The van der Waals surface area contributed by atoms with Crippen molar-refractivity contribution in [3.8, 4) is 0 Å². The molecule has 0 radical (unpaired) electrons. The Bertz CT molecular complexity index is 373. The molecule has 0 N–H and O–H groups in total. The van der Waals surface area contributed by atoms with Crippen molar-refractivity contribution in [2.45, 2.75) is 12.8 Å². The van der Waals surface area contributed by atoms with E-state index in [0.717, 1.165) is 12.8 Å². The molecule has 1 fully saturated rings. The van der Waals surface area contributed by atoms with Gasteiger partial charge in [0.05, 0.1) is 0 Å². The third-order valence-electron chi connectivity index (χ3n) is 4.05. The fourth-order valence-corrected chi connectivity index (χ4v) is 3.25. The van der Waals surface area contributed by atoms with Crippen LogP contribution in [0.4, 0.5) is 0 Å². The molecular formula is C15H16O. The van der Waals surface area contributed by atoms with E-state index in [9.17, 15) is 4.79 Å². The van der Waals surface area contributed by atoms with Gasteiger partial charge in [0.2, 0.25) is 0 Å². The number of fused-ring (bicyclic) bond motifs is 5. The summed E-state index contributed by atoms with van der Waals surface area (Å²) < 4.78 is 0. The number of Topliss-reactive ketones (excluding diaryl/α,β-unsaturated/α-hetero) is 1. The van der Waals surface area contributed by atoms with Gasteiger partial charge in [-0.15, -0.1) is 0 Å². The first-order valence-corrected chi connectivity index (χ1v) is 6.08. The summed E-state index contributed by atoms with van der Waals surface area (Å²) >= 11 is 0. The Morgan fingerprint density at radius 1 is 0.812 bits per heavy atom. The second-order valence-electron chi connectivity index (χ2n) is 4.87. The number of carbonyl (C=O) groups is 1. The molecule has 0 aliphatic heterocycles. The molecule has 82 valence electrons. The van der Waals surface area contributed by atoms with E-state index in [1.807, 2.05) is 0 Å². The number of rotatable bonds is 0. The number of allylic oxidation sites excluding steroid dienone is 8. The highest BCUT2D eigenvalue weighted by Gasteiger charge is 2.46. The summed E-state index contributed by atoms with van der Waals surface area (Å²) in [7, 11) is 0. The van der Waals surface area contributed by atoms with Gasteiger partial charge in [0.15, 0.2) is 0 Å². The van der Waals surface area contributed by atoms with Crippen LogP contribution in [0.3, 0.4) is 0 Å². The van der Waals surface area contributed by atoms with Gasteiger partial charge < -0.3 is 0 Å². The van der Waals surface area contributed by atoms with E-state index >= 15 is 0 Å². The normalized spacial score (nSPS) is 44.4. The second-order valence-corrected chi connectivity index (χ2v) is 4.87. The van der Waals surface area contributed by atoms with Crippen molar-refractivity contribution in [3.05, 3.63) is 48.6 Å². The van der Waals surface area contributed by atoms with Gasteiger partial charge in [-0.3, -0.25) is 4.79 Å². The summed E-state index contributed by atoms with van der Waals surface area (Å²) in [5.41, 5.74) is 0. The van der Waals surface area contributed by atoms with Crippen molar-refractivity contribution in [1.82, 2.24) is 0 Å². The van der Waals surface area contributed by atoms with E-state index in [1.165, 1.54) is 0 Å². The highest BCUT2D eigenvalue weighted by molar-refractivity contribution is 5.87. The van der Waals surface area contributed by atoms with Crippen molar-refractivity contribution in [2.24, 2.45) is 23.7 Å². The Morgan fingerprint density at radius 3 is 1.81 bits per heavy atom. The molecule has 4 atom stereocenters. The molecule has 16 heavy (non-hydrogen) atoms. The van der Waals surface area contributed by atoms with Crippen LogP contribution in [0.2, 0.25) is 0 Å². The van der Waals surface area contributed by atoms with Crippen LogP contribution in [-0.4, -0.2) is 5.78 Å². The van der Waals surface area contributed by atoms with Gasteiger partial charge in [-0.25, -0.2) is 0 Å². The molecule has 3 aliphatic rings. The minimum Gasteiger partial charge on any atom is -0.299 e. The average molecular weight is 212 g/mol. The number of ketones is 1. The monoisotopic (exact) mass is 212 g/mol. The van der Waals surface area contributed by atoms with E-state index in [1.54, 1.807) is 0 Å². The summed E-state index contributed by atoms with van der Waals surface area (Å²) in [5, 5.41) is 0. The third kappa shape index (κ3) is 1.42. The summed E-state index contributed by atoms with van der Waals surface area (Å²) in [4.78, 5) is 12.3. The third-order valence-corrected chi connectivity index (χ3v) is 4.05. The lowest BCUT2D eigenvalue weighted by molar-refractivity contribution is -0.124. The van der Waals surface area contributed by atoms with Crippen molar-refractivity contribution >= 4 is 5.78 Å².